The van der Waals surface area contributed by atoms with Crippen LogP contribution in [0.5, 0.6) is 0 Å². The van der Waals surface area contributed by atoms with Gasteiger partial charge in [-0.15, -0.1) is 0 Å². The Morgan fingerprint density at radius 1 is 1.79 bits per heavy atom. The number of nitrogens with zero attached hydrogens (tertiary/aromatic N) is 3. The molecule has 1 aromatic heterocycles. The van der Waals surface area contributed by atoms with Crippen LogP contribution in [0.15, 0.2) is 11.9 Å². The van der Waals surface area contributed by atoms with Crippen molar-refractivity contribution in [3.05, 3.63) is 22.6 Å². The van der Waals surface area contributed by atoms with Crippen molar-refractivity contribution in [1.82, 2.24) is 15.2 Å². The summed E-state index contributed by atoms with van der Waals surface area (Å²) < 4.78 is 1.50. The minimum Gasteiger partial charge on any atom is -0.395 e. The van der Waals surface area contributed by atoms with Crippen molar-refractivity contribution in [3.63, 3.8) is 0 Å². The van der Waals surface area contributed by atoms with Crippen LogP contribution in [-0.2, 0) is 7.05 Å². The predicted octanol–water partition coefficient (Wildman–Crippen LogP) is -0.312. The summed E-state index contributed by atoms with van der Waals surface area (Å²) in [6.45, 7) is 0. The number of hydrogen-bond acceptors (Lipinski definition) is 5. The van der Waals surface area contributed by atoms with Crippen LogP contribution in [0, 0.1) is 11.3 Å². The van der Waals surface area contributed by atoms with Gasteiger partial charge in [0.25, 0.3) is 0 Å². The monoisotopic (exact) mass is 212 g/mol. The van der Waals surface area contributed by atoms with E-state index in [1.807, 2.05) is 0 Å². The molecule has 0 spiro atoms. The van der Waals surface area contributed by atoms with E-state index in [1.54, 1.807) is 19.3 Å². The number of allylic oxidation sites excluding steroid dienone is 1. The largest absolute Gasteiger partial charge is 0.395 e. The van der Waals surface area contributed by atoms with Crippen molar-refractivity contribution in [1.29, 1.82) is 5.26 Å². The third kappa shape index (κ3) is 1.79. The molecular formula is C7H9ClN6. The molecule has 0 unspecified atom stereocenters. The Labute approximate surface area is 85.7 Å². The molecule has 0 fully saturated rings. The number of nitriles is 1. The van der Waals surface area contributed by atoms with E-state index in [2.05, 4.69) is 10.5 Å². The number of aromatic nitrogens is 2. The minimum atomic E-state index is 0.0330. The highest BCUT2D eigenvalue weighted by Crippen LogP contribution is 2.19. The molecule has 1 heterocycles. The summed E-state index contributed by atoms with van der Waals surface area (Å²) in [5, 5.41) is 13.0. The zero-order valence-electron chi connectivity index (χ0n) is 7.45. The smallest absolute Gasteiger partial charge is 0.153 e. The fourth-order valence-corrected chi connectivity index (χ4v) is 1.21. The van der Waals surface area contributed by atoms with Gasteiger partial charge >= 0.3 is 0 Å². The normalized spacial score (nSPS) is 11.9. The van der Waals surface area contributed by atoms with Gasteiger partial charge in [-0.05, 0) is 0 Å². The highest BCUT2D eigenvalue weighted by molar-refractivity contribution is 6.32. The second-order valence-electron chi connectivity index (χ2n) is 2.54. The van der Waals surface area contributed by atoms with E-state index in [1.165, 1.54) is 4.68 Å². The summed E-state index contributed by atoms with van der Waals surface area (Å²) in [5.74, 6) is 5.09. The fraction of sp³-hybridized carbons (Fsp3) is 0.143. The number of hydrogen-bond donors (Lipinski definition) is 3. The molecule has 5 N–H and O–H groups in total. The molecule has 1 aromatic rings. The third-order valence-electron chi connectivity index (χ3n) is 1.56. The van der Waals surface area contributed by atoms with Crippen LogP contribution in [-0.4, -0.2) is 9.78 Å². The Kier molecular flexibility index (Phi) is 2.96. The van der Waals surface area contributed by atoms with E-state index >= 15 is 0 Å². The van der Waals surface area contributed by atoms with Gasteiger partial charge in [0.1, 0.15) is 11.8 Å². The quantitative estimate of drug-likeness (QED) is 0.354. The van der Waals surface area contributed by atoms with E-state index in [0.717, 1.165) is 0 Å². The van der Waals surface area contributed by atoms with Crippen molar-refractivity contribution in [3.8, 4) is 6.07 Å². The van der Waals surface area contributed by atoms with E-state index < -0.39 is 0 Å². The molecule has 1 rings (SSSR count). The molecule has 0 radical (unpaired) electrons. The number of aryl methyl sites for hydroxylation is 1. The zero-order valence-corrected chi connectivity index (χ0v) is 8.21. The third-order valence-corrected chi connectivity index (χ3v) is 1.84. The highest BCUT2D eigenvalue weighted by atomic mass is 35.5. The molecule has 0 saturated carbocycles. The first-order valence-electron chi connectivity index (χ1n) is 3.66. The number of halogens is 1. The van der Waals surface area contributed by atoms with Crippen LogP contribution in [0.25, 0.3) is 5.70 Å². The molecule has 0 bridgehead atoms. The van der Waals surface area contributed by atoms with Gasteiger partial charge in [0, 0.05) is 13.2 Å². The van der Waals surface area contributed by atoms with Gasteiger partial charge in [-0.3, -0.25) is 4.68 Å². The standard InChI is InChI=1S/C7H9ClN6/c1-14-3-4(8)7(13-14)6(10)5(2-9)12-11/h3,12H,10-11H2,1H3/b6-5-. The average molecular weight is 213 g/mol. The lowest BCUT2D eigenvalue weighted by Crippen LogP contribution is -2.23. The first-order chi connectivity index (χ1) is 6.60. The van der Waals surface area contributed by atoms with Crippen molar-refractivity contribution in [2.24, 2.45) is 18.6 Å². The van der Waals surface area contributed by atoms with Gasteiger partial charge < -0.3 is 11.2 Å². The average Bonchev–Trinajstić information content (AvgIpc) is 2.47. The summed E-state index contributed by atoms with van der Waals surface area (Å²) in [7, 11) is 1.70. The lowest BCUT2D eigenvalue weighted by molar-refractivity contribution is 0.761. The second-order valence-corrected chi connectivity index (χ2v) is 2.95. The number of hydrazine groups is 1. The van der Waals surface area contributed by atoms with Crippen LogP contribution in [0.4, 0.5) is 0 Å². The van der Waals surface area contributed by atoms with Crippen LogP contribution in [0.2, 0.25) is 5.02 Å². The minimum absolute atomic E-state index is 0.0330. The van der Waals surface area contributed by atoms with Gasteiger partial charge in [-0.1, -0.05) is 11.6 Å². The molecule has 0 saturated heterocycles. The molecule has 74 valence electrons. The molecule has 0 aliphatic carbocycles. The first kappa shape index (κ1) is 10.4. The molecule has 0 aromatic carbocycles. The molecule has 0 amide bonds. The van der Waals surface area contributed by atoms with Crippen molar-refractivity contribution in [2.75, 3.05) is 0 Å². The van der Waals surface area contributed by atoms with Crippen LogP contribution in [0.3, 0.4) is 0 Å². The van der Waals surface area contributed by atoms with E-state index in [4.69, 9.17) is 28.4 Å². The van der Waals surface area contributed by atoms with Crippen molar-refractivity contribution >= 4 is 17.3 Å². The maximum absolute atomic E-state index is 8.65. The lowest BCUT2D eigenvalue weighted by Gasteiger charge is -2.01. The predicted molar refractivity (Wildman–Crippen MR) is 52.3 cm³/mol. The summed E-state index contributed by atoms with van der Waals surface area (Å²) in [6.07, 6.45) is 1.58. The molecular weight excluding hydrogens is 204 g/mol. The SMILES string of the molecule is Cn1cc(Cl)c(/C(N)=C(\C#N)NN)n1. The Hall–Kier alpha value is -1.71. The van der Waals surface area contributed by atoms with Gasteiger partial charge in [-0.2, -0.15) is 10.4 Å². The molecule has 14 heavy (non-hydrogen) atoms. The Morgan fingerprint density at radius 3 is 2.79 bits per heavy atom. The highest BCUT2D eigenvalue weighted by Gasteiger charge is 2.12. The first-order valence-corrected chi connectivity index (χ1v) is 4.04. The molecule has 0 aliphatic heterocycles. The Balaban J connectivity index is 3.24. The fourth-order valence-electron chi connectivity index (χ4n) is 0.931. The lowest BCUT2D eigenvalue weighted by atomic mass is 10.3. The van der Waals surface area contributed by atoms with Gasteiger partial charge in [0.05, 0.1) is 10.7 Å². The number of nitrogens with one attached hydrogen (secondary N) is 1. The Morgan fingerprint density at radius 2 is 2.43 bits per heavy atom. The van der Waals surface area contributed by atoms with Gasteiger partial charge in [-0.25, -0.2) is 5.84 Å². The maximum atomic E-state index is 8.65. The van der Waals surface area contributed by atoms with Crippen LogP contribution in [0.1, 0.15) is 5.69 Å². The van der Waals surface area contributed by atoms with E-state index in [0.29, 0.717) is 10.7 Å². The number of rotatable bonds is 2. The summed E-state index contributed by atoms with van der Waals surface area (Å²) in [4.78, 5) is 0. The topological polar surface area (TPSA) is 106 Å². The molecule has 0 aliphatic rings. The molecule has 6 nitrogen and oxygen atoms in total. The van der Waals surface area contributed by atoms with Crippen LogP contribution >= 0.6 is 11.6 Å². The van der Waals surface area contributed by atoms with Gasteiger partial charge in [0.15, 0.2) is 5.70 Å². The summed E-state index contributed by atoms with van der Waals surface area (Å²) >= 11 is 5.82. The van der Waals surface area contributed by atoms with Crippen molar-refractivity contribution in [2.45, 2.75) is 0 Å². The van der Waals surface area contributed by atoms with Crippen LogP contribution < -0.4 is 17.0 Å². The van der Waals surface area contributed by atoms with Gasteiger partial charge in [0.2, 0.25) is 0 Å². The zero-order chi connectivity index (χ0) is 10.7. The summed E-state index contributed by atoms with van der Waals surface area (Å²) in [5.41, 5.74) is 8.30. The number of nitrogens with two attached hydrogens (primary N) is 2. The maximum Gasteiger partial charge on any atom is 0.153 e. The van der Waals surface area contributed by atoms with E-state index in [-0.39, 0.29) is 11.4 Å². The second kappa shape index (κ2) is 4.00. The molecule has 7 heteroatoms. The van der Waals surface area contributed by atoms with Crippen molar-refractivity contribution < 1.29 is 0 Å². The molecule has 0 atom stereocenters. The van der Waals surface area contributed by atoms with E-state index in [9.17, 15) is 0 Å². The Bertz CT molecular complexity index is 412. The summed E-state index contributed by atoms with van der Waals surface area (Å²) in [6, 6.07) is 1.80.